The third-order valence-corrected chi connectivity index (χ3v) is 3.52. The monoisotopic (exact) mass is 297 g/mol. The largest absolute Gasteiger partial charge is 0.352 e. The molecule has 0 heterocycles. The van der Waals surface area contributed by atoms with E-state index >= 15 is 0 Å². The normalized spacial score (nSPS) is 15.7. The number of nitrogens with zero attached hydrogens (tertiary/aromatic N) is 1. The Labute approximate surface area is 121 Å². The summed E-state index contributed by atoms with van der Waals surface area (Å²) in [7, 11) is 0. The van der Waals surface area contributed by atoms with Gasteiger partial charge in [-0.25, -0.2) is 0 Å². The van der Waals surface area contributed by atoms with E-state index in [0.717, 1.165) is 12.8 Å². The summed E-state index contributed by atoms with van der Waals surface area (Å²) in [4.78, 5) is 22.0. The molecule has 1 saturated carbocycles. The zero-order chi connectivity index (χ0) is 14.7. The third kappa shape index (κ3) is 3.91. The second kappa shape index (κ2) is 6.19. The number of non-ortho nitro benzene ring substituents is 1. The summed E-state index contributed by atoms with van der Waals surface area (Å²) in [6, 6.07) is 4.21. The zero-order valence-electron chi connectivity index (χ0n) is 11.1. The number of carbonyl (C=O) groups excluding carboxylic acids is 1. The molecule has 0 bridgehead atoms. The number of hydrogen-bond donors (Lipinski definition) is 2. The van der Waals surface area contributed by atoms with Gasteiger partial charge >= 0.3 is 0 Å². The summed E-state index contributed by atoms with van der Waals surface area (Å²) >= 11 is 6.00. The van der Waals surface area contributed by atoms with Gasteiger partial charge < -0.3 is 10.6 Å². The van der Waals surface area contributed by atoms with Crippen molar-refractivity contribution in [3.05, 3.63) is 38.9 Å². The number of benzene rings is 1. The summed E-state index contributed by atoms with van der Waals surface area (Å²) in [6.45, 7) is 2.06. The second-order valence-electron chi connectivity index (χ2n) is 4.92. The lowest BCUT2D eigenvalue weighted by Crippen LogP contribution is -2.42. The summed E-state index contributed by atoms with van der Waals surface area (Å²) in [6.07, 6.45) is 2.07. The summed E-state index contributed by atoms with van der Waals surface area (Å²) in [5, 5.41) is 17.1. The van der Waals surface area contributed by atoms with Crippen molar-refractivity contribution in [3.8, 4) is 0 Å². The number of hydrogen-bond acceptors (Lipinski definition) is 4. The predicted octanol–water partition coefficient (Wildman–Crippen LogP) is 2.00. The first-order valence-corrected chi connectivity index (χ1v) is 6.81. The first-order valence-electron chi connectivity index (χ1n) is 6.44. The minimum Gasteiger partial charge on any atom is -0.352 e. The molecule has 1 aromatic rings. The van der Waals surface area contributed by atoms with Gasteiger partial charge in [-0.2, -0.15) is 0 Å². The van der Waals surface area contributed by atoms with Gasteiger partial charge in [0.2, 0.25) is 5.91 Å². The van der Waals surface area contributed by atoms with E-state index in [1.54, 1.807) is 6.92 Å². The van der Waals surface area contributed by atoms with Crippen LogP contribution in [0.25, 0.3) is 0 Å². The molecule has 1 aliphatic rings. The highest BCUT2D eigenvalue weighted by molar-refractivity contribution is 6.31. The Kier molecular flexibility index (Phi) is 4.57. The minimum atomic E-state index is -0.469. The number of nitro benzene ring substituents is 1. The summed E-state index contributed by atoms with van der Waals surface area (Å²) in [5.74, 6) is -0.0611. The van der Waals surface area contributed by atoms with E-state index in [1.165, 1.54) is 18.2 Å². The van der Waals surface area contributed by atoms with Crippen molar-refractivity contribution in [2.24, 2.45) is 0 Å². The van der Waals surface area contributed by atoms with Gasteiger partial charge in [-0.1, -0.05) is 11.6 Å². The van der Waals surface area contributed by atoms with E-state index in [1.807, 2.05) is 0 Å². The van der Waals surface area contributed by atoms with Gasteiger partial charge in [0.25, 0.3) is 5.69 Å². The van der Waals surface area contributed by atoms with Crippen molar-refractivity contribution in [3.63, 3.8) is 0 Å². The second-order valence-corrected chi connectivity index (χ2v) is 5.33. The Bertz CT molecular complexity index is 532. The molecule has 0 aromatic heterocycles. The highest BCUT2D eigenvalue weighted by Crippen LogP contribution is 2.22. The molecule has 0 radical (unpaired) electrons. The number of halogens is 1. The van der Waals surface area contributed by atoms with Gasteiger partial charge in [0.05, 0.1) is 11.0 Å². The molecule has 1 unspecified atom stereocenters. The number of carbonyl (C=O) groups is 1. The van der Waals surface area contributed by atoms with Crippen molar-refractivity contribution < 1.29 is 9.72 Å². The molecular formula is C13H16ClN3O3. The van der Waals surface area contributed by atoms with Gasteiger partial charge in [0, 0.05) is 29.7 Å². The molecular weight excluding hydrogens is 282 g/mol. The fraction of sp³-hybridized carbons (Fsp3) is 0.462. The van der Waals surface area contributed by atoms with Gasteiger partial charge in [-0.15, -0.1) is 0 Å². The third-order valence-electron chi connectivity index (χ3n) is 3.16. The fourth-order valence-corrected chi connectivity index (χ4v) is 1.90. The highest BCUT2D eigenvalue weighted by atomic mass is 35.5. The first-order chi connectivity index (χ1) is 9.47. The molecule has 1 aliphatic carbocycles. The van der Waals surface area contributed by atoms with E-state index in [0.29, 0.717) is 23.2 Å². The number of amides is 1. The predicted molar refractivity (Wildman–Crippen MR) is 75.6 cm³/mol. The molecule has 1 aromatic carbocycles. The van der Waals surface area contributed by atoms with Crippen LogP contribution >= 0.6 is 11.6 Å². The molecule has 108 valence electrons. The van der Waals surface area contributed by atoms with Crippen molar-refractivity contribution >= 4 is 23.2 Å². The van der Waals surface area contributed by atoms with E-state index < -0.39 is 4.92 Å². The molecule has 6 nitrogen and oxygen atoms in total. The molecule has 2 N–H and O–H groups in total. The zero-order valence-corrected chi connectivity index (χ0v) is 11.8. The molecule has 1 fully saturated rings. The smallest absolute Gasteiger partial charge is 0.269 e. The van der Waals surface area contributed by atoms with Crippen LogP contribution in [0.2, 0.25) is 5.02 Å². The van der Waals surface area contributed by atoms with Gasteiger partial charge in [-0.05, 0) is 31.4 Å². The average molecular weight is 298 g/mol. The average Bonchev–Trinajstić information content (AvgIpc) is 3.20. The minimum absolute atomic E-state index is 0.0127. The first kappa shape index (κ1) is 14.7. The molecule has 0 aliphatic heterocycles. The van der Waals surface area contributed by atoms with Crippen LogP contribution in [0.15, 0.2) is 18.2 Å². The quantitative estimate of drug-likeness (QED) is 0.621. The lowest BCUT2D eigenvalue weighted by atomic mass is 10.2. The Morgan fingerprint density at radius 3 is 2.85 bits per heavy atom. The molecule has 2 rings (SSSR count). The van der Waals surface area contributed by atoms with Gasteiger partial charge in [0.15, 0.2) is 0 Å². The summed E-state index contributed by atoms with van der Waals surface area (Å²) in [5.41, 5.74) is 0.591. The number of nitrogens with one attached hydrogen (secondary N) is 2. The van der Waals surface area contributed by atoms with E-state index in [4.69, 9.17) is 11.6 Å². The van der Waals surface area contributed by atoms with E-state index in [2.05, 4.69) is 10.6 Å². The Morgan fingerprint density at radius 2 is 2.25 bits per heavy atom. The molecule has 1 atom stereocenters. The van der Waals surface area contributed by atoms with Crippen LogP contribution in [-0.2, 0) is 11.3 Å². The fourth-order valence-electron chi connectivity index (χ4n) is 1.72. The molecule has 7 heteroatoms. The van der Waals surface area contributed by atoms with Crippen molar-refractivity contribution in [1.82, 2.24) is 10.6 Å². The van der Waals surface area contributed by atoms with Crippen molar-refractivity contribution in [2.75, 3.05) is 0 Å². The van der Waals surface area contributed by atoms with Crippen molar-refractivity contribution in [2.45, 2.75) is 38.4 Å². The number of rotatable bonds is 6. The maximum atomic E-state index is 11.8. The van der Waals surface area contributed by atoms with Gasteiger partial charge in [0.1, 0.15) is 0 Å². The molecule has 1 amide bonds. The van der Waals surface area contributed by atoms with Crippen LogP contribution in [0.1, 0.15) is 25.3 Å². The van der Waals surface area contributed by atoms with Crippen LogP contribution in [-0.4, -0.2) is 22.9 Å². The lowest BCUT2D eigenvalue weighted by Gasteiger charge is -2.14. The van der Waals surface area contributed by atoms with E-state index in [9.17, 15) is 14.9 Å². The standard InChI is InChI=1S/C13H16ClN3O3/c1-8(13(18)16-10-2-3-10)15-7-9-6-11(17(19)20)4-5-12(9)14/h4-6,8,10,15H,2-3,7H2,1H3,(H,16,18). The topological polar surface area (TPSA) is 84.3 Å². The van der Waals surface area contributed by atoms with Crippen LogP contribution in [0.4, 0.5) is 5.69 Å². The number of nitro groups is 1. The highest BCUT2D eigenvalue weighted by Gasteiger charge is 2.25. The molecule has 0 spiro atoms. The maximum Gasteiger partial charge on any atom is 0.269 e. The molecule has 0 saturated heterocycles. The Balaban J connectivity index is 1.93. The molecule has 20 heavy (non-hydrogen) atoms. The lowest BCUT2D eigenvalue weighted by molar-refractivity contribution is -0.384. The van der Waals surface area contributed by atoms with Crippen LogP contribution < -0.4 is 10.6 Å². The van der Waals surface area contributed by atoms with Crippen LogP contribution in [0.5, 0.6) is 0 Å². The van der Waals surface area contributed by atoms with Crippen LogP contribution in [0.3, 0.4) is 0 Å². The summed E-state index contributed by atoms with van der Waals surface area (Å²) < 4.78 is 0. The Hall–Kier alpha value is -1.66. The van der Waals surface area contributed by atoms with Gasteiger partial charge in [-0.3, -0.25) is 14.9 Å². The Morgan fingerprint density at radius 1 is 1.55 bits per heavy atom. The van der Waals surface area contributed by atoms with E-state index in [-0.39, 0.29) is 17.6 Å². The SMILES string of the molecule is CC(NCc1cc([N+](=O)[O-])ccc1Cl)C(=O)NC1CC1. The van der Waals surface area contributed by atoms with Crippen molar-refractivity contribution in [1.29, 1.82) is 0 Å². The maximum absolute atomic E-state index is 11.8. The van der Waals surface area contributed by atoms with Crippen LogP contribution in [0, 0.1) is 10.1 Å².